The minimum Gasteiger partial charge on any atom is -0.478 e. The second-order valence-electron chi connectivity index (χ2n) is 4.88. The molecule has 0 bridgehead atoms. The first-order valence-corrected chi connectivity index (χ1v) is 6.54. The molecule has 1 amide bonds. The fourth-order valence-electron chi connectivity index (χ4n) is 1.58. The summed E-state index contributed by atoms with van der Waals surface area (Å²) in [6, 6.07) is 1.63. The minimum absolute atomic E-state index is 0.201. The van der Waals surface area contributed by atoms with E-state index in [1.807, 2.05) is 0 Å². The standard InChI is InChI=1S/C13H17NO4S/c1-13(2,18)8-14(3)12(17)9-6-10(19-7-9)4-5-11(15)16/h4-7,18H,8H2,1-3H3,(H,15,16). The normalized spacial score (nSPS) is 11.8. The molecule has 0 aliphatic heterocycles. The number of rotatable bonds is 5. The van der Waals surface area contributed by atoms with Crippen molar-refractivity contribution in [3.05, 3.63) is 28.0 Å². The molecule has 1 aromatic rings. The van der Waals surface area contributed by atoms with E-state index < -0.39 is 11.6 Å². The molecule has 0 fully saturated rings. The van der Waals surface area contributed by atoms with Crippen LogP contribution in [0.2, 0.25) is 0 Å². The van der Waals surface area contributed by atoms with E-state index in [0.29, 0.717) is 10.4 Å². The molecule has 0 unspecified atom stereocenters. The second kappa shape index (κ2) is 5.99. The number of carbonyl (C=O) groups excluding carboxylic acids is 1. The van der Waals surface area contributed by atoms with Crippen LogP contribution in [0.4, 0.5) is 0 Å². The van der Waals surface area contributed by atoms with Gasteiger partial charge in [-0.15, -0.1) is 11.3 Å². The summed E-state index contributed by atoms with van der Waals surface area (Å²) in [5, 5.41) is 19.9. The van der Waals surface area contributed by atoms with Crippen molar-refractivity contribution in [3.63, 3.8) is 0 Å². The Labute approximate surface area is 115 Å². The molecule has 0 saturated heterocycles. The van der Waals surface area contributed by atoms with Crippen LogP contribution in [0.15, 0.2) is 17.5 Å². The molecule has 1 heterocycles. The van der Waals surface area contributed by atoms with Gasteiger partial charge in [0.25, 0.3) is 5.91 Å². The summed E-state index contributed by atoms with van der Waals surface area (Å²) in [5.41, 5.74) is -0.464. The summed E-state index contributed by atoms with van der Waals surface area (Å²) >= 11 is 1.30. The van der Waals surface area contributed by atoms with E-state index in [0.717, 1.165) is 6.08 Å². The van der Waals surface area contributed by atoms with Crippen molar-refractivity contribution in [2.45, 2.75) is 19.4 Å². The summed E-state index contributed by atoms with van der Waals surface area (Å²) in [6.45, 7) is 3.48. The van der Waals surface area contributed by atoms with Crippen molar-refractivity contribution in [2.75, 3.05) is 13.6 Å². The molecule has 0 spiro atoms. The third kappa shape index (κ3) is 5.23. The monoisotopic (exact) mass is 283 g/mol. The molecule has 2 N–H and O–H groups in total. The van der Waals surface area contributed by atoms with Gasteiger partial charge in [0, 0.05) is 29.9 Å². The largest absolute Gasteiger partial charge is 0.478 e. The second-order valence-corrected chi connectivity index (χ2v) is 5.83. The third-order valence-electron chi connectivity index (χ3n) is 2.23. The molecule has 19 heavy (non-hydrogen) atoms. The number of aliphatic carboxylic acids is 1. The lowest BCUT2D eigenvalue weighted by Crippen LogP contribution is -2.39. The van der Waals surface area contributed by atoms with E-state index in [-0.39, 0.29) is 12.5 Å². The van der Waals surface area contributed by atoms with Gasteiger partial charge in [0.2, 0.25) is 0 Å². The Morgan fingerprint density at radius 2 is 2.11 bits per heavy atom. The highest BCUT2D eigenvalue weighted by molar-refractivity contribution is 7.11. The SMILES string of the molecule is CN(CC(C)(C)O)C(=O)c1csc(C=CC(=O)O)c1. The van der Waals surface area contributed by atoms with Gasteiger partial charge in [-0.05, 0) is 26.0 Å². The third-order valence-corrected chi connectivity index (χ3v) is 3.13. The lowest BCUT2D eigenvalue weighted by Gasteiger charge is -2.25. The quantitative estimate of drug-likeness (QED) is 0.806. The van der Waals surface area contributed by atoms with Crippen molar-refractivity contribution in [3.8, 4) is 0 Å². The van der Waals surface area contributed by atoms with E-state index in [4.69, 9.17) is 5.11 Å². The van der Waals surface area contributed by atoms with Gasteiger partial charge >= 0.3 is 5.97 Å². The maximum Gasteiger partial charge on any atom is 0.328 e. The van der Waals surface area contributed by atoms with Gasteiger partial charge < -0.3 is 15.1 Å². The number of aliphatic hydroxyl groups is 1. The Morgan fingerprint density at radius 3 is 2.63 bits per heavy atom. The molecule has 104 valence electrons. The van der Waals surface area contributed by atoms with Gasteiger partial charge in [0.05, 0.1) is 11.2 Å². The summed E-state index contributed by atoms with van der Waals surface area (Å²) in [5.74, 6) is -1.23. The molecule has 0 atom stereocenters. The number of hydrogen-bond donors (Lipinski definition) is 2. The first kappa shape index (κ1) is 15.4. The fourth-order valence-corrected chi connectivity index (χ4v) is 2.35. The van der Waals surface area contributed by atoms with Crippen molar-refractivity contribution < 1.29 is 19.8 Å². The number of carboxylic acid groups (broad SMARTS) is 1. The molecule has 0 saturated carbocycles. The van der Waals surface area contributed by atoms with E-state index in [1.54, 1.807) is 32.3 Å². The van der Waals surface area contributed by atoms with E-state index in [1.165, 1.54) is 22.3 Å². The van der Waals surface area contributed by atoms with Gasteiger partial charge in [-0.3, -0.25) is 4.79 Å². The average molecular weight is 283 g/mol. The molecule has 6 heteroatoms. The zero-order valence-electron chi connectivity index (χ0n) is 11.1. The first-order valence-electron chi connectivity index (χ1n) is 5.66. The Hall–Kier alpha value is -1.66. The predicted octanol–water partition coefficient (Wildman–Crippen LogP) is 1.69. The summed E-state index contributed by atoms with van der Waals surface area (Å²) in [4.78, 5) is 24.6. The highest BCUT2D eigenvalue weighted by Crippen LogP contribution is 2.18. The summed E-state index contributed by atoms with van der Waals surface area (Å²) in [7, 11) is 1.62. The van der Waals surface area contributed by atoms with Crippen molar-refractivity contribution >= 4 is 29.3 Å². The lowest BCUT2D eigenvalue weighted by molar-refractivity contribution is -0.131. The summed E-state index contributed by atoms with van der Waals surface area (Å²) in [6.07, 6.45) is 2.47. The van der Waals surface area contributed by atoms with Crippen LogP contribution < -0.4 is 0 Å². The molecule has 1 rings (SSSR count). The van der Waals surface area contributed by atoms with Crippen LogP contribution in [0.1, 0.15) is 29.1 Å². The van der Waals surface area contributed by atoms with Crippen LogP contribution in [0.3, 0.4) is 0 Å². The molecule has 0 aliphatic rings. The number of thiophene rings is 1. The number of carbonyl (C=O) groups is 2. The van der Waals surface area contributed by atoms with Crippen LogP contribution in [-0.4, -0.2) is 46.2 Å². The maximum atomic E-state index is 12.1. The van der Waals surface area contributed by atoms with Crippen LogP contribution in [0.25, 0.3) is 6.08 Å². The number of nitrogens with zero attached hydrogens (tertiary/aromatic N) is 1. The Balaban J connectivity index is 2.76. The van der Waals surface area contributed by atoms with Gasteiger partial charge in [-0.1, -0.05) is 0 Å². The van der Waals surface area contributed by atoms with Crippen molar-refractivity contribution in [2.24, 2.45) is 0 Å². The topological polar surface area (TPSA) is 77.8 Å². The molecular weight excluding hydrogens is 266 g/mol. The average Bonchev–Trinajstić information content (AvgIpc) is 2.71. The van der Waals surface area contributed by atoms with Gasteiger partial charge in [0.15, 0.2) is 0 Å². The molecule has 0 aliphatic carbocycles. The molecule has 1 aromatic heterocycles. The Morgan fingerprint density at radius 1 is 1.47 bits per heavy atom. The maximum absolute atomic E-state index is 12.1. The molecule has 5 nitrogen and oxygen atoms in total. The predicted molar refractivity (Wildman–Crippen MR) is 74.2 cm³/mol. The number of hydrogen-bond acceptors (Lipinski definition) is 4. The zero-order chi connectivity index (χ0) is 14.6. The Bertz CT molecular complexity index is 499. The van der Waals surface area contributed by atoms with Crippen LogP contribution in [0, 0.1) is 0 Å². The van der Waals surface area contributed by atoms with Crippen LogP contribution in [0.5, 0.6) is 0 Å². The molecule has 0 radical (unpaired) electrons. The number of carboxylic acids is 1. The van der Waals surface area contributed by atoms with Crippen LogP contribution in [-0.2, 0) is 4.79 Å². The number of amides is 1. The fraction of sp³-hybridized carbons (Fsp3) is 0.385. The van der Waals surface area contributed by atoms with E-state index in [2.05, 4.69) is 0 Å². The zero-order valence-corrected chi connectivity index (χ0v) is 11.9. The van der Waals surface area contributed by atoms with Crippen LogP contribution >= 0.6 is 11.3 Å². The molecule has 0 aromatic carbocycles. The van der Waals surface area contributed by atoms with Crippen molar-refractivity contribution in [1.29, 1.82) is 0 Å². The molecular formula is C13H17NO4S. The van der Waals surface area contributed by atoms with Gasteiger partial charge in [-0.2, -0.15) is 0 Å². The first-order chi connectivity index (χ1) is 8.69. The number of likely N-dealkylation sites (N-methyl/N-ethyl adjacent to an activating group) is 1. The minimum atomic E-state index is -1.03. The smallest absolute Gasteiger partial charge is 0.328 e. The van der Waals surface area contributed by atoms with Crippen molar-refractivity contribution in [1.82, 2.24) is 4.90 Å². The lowest BCUT2D eigenvalue weighted by atomic mass is 10.1. The van der Waals surface area contributed by atoms with E-state index >= 15 is 0 Å². The Kier molecular flexibility index (Phi) is 4.85. The van der Waals surface area contributed by atoms with Gasteiger partial charge in [0.1, 0.15) is 0 Å². The highest BCUT2D eigenvalue weighted by Gasteiger charge is 2.20. The summed E-state index contributed by atoms with van der Waals surface area (Å²) < 4.78 is 0. The van der Waals surface area contributed by atoms with Gasteiger partial charge in [-0.25, -0.2) is 4.79 Å². The van der Waals surface area contributed by atoms with E-state index in [9.17, 15) is 14.7 Å². The highest BCUT2D eigenvalue weighted by atomic mass is 32.1.